The van der Waals surface area contributed by atoms with Gasteiger partial charge in [-0.25, -0.2) is 0 Å². The molecule has 0 rings (SSSR count). The molecule has 0 unspecified atom stereocenters. The van der Waals surface area contributed by atoms with E-state index in [0.29, 0.717) is 0 Å². The van der Waals surface area contributed by atoms with Crippen molar-refractivity contribution in [3.8, 4) is 0 Å². The number of aliphatic carboxylic acids is 1. The minimum Gasteiger partial charge on any atom is -0.547 e. The Balaban J connectivity index is 4.32. The molecule has 0 saturated heterocycles. The van der Waals surface area contributed by atoms with Crippen LogP contribution in [0.25, 0.3) is 0 Å². The second kappa shape index (κ2) is 4.87. The molecular formula is C6H9O7-. The van der Waals surface area contributed by atoms with Gasteiger partial charge >= 0.3 is 0 Å². The Morgan fingerprint density at radius 1 is 1.15 bits per heavy atom. The van der Waals surface area contributed by atoms with Gasteiger partial charge in [0.2, 0.25) is 0 Å². The lowest BCUT2D eigenvalue weighted by molar-refractivity contribution is -0.319. The molecule has 0 saturated carbocycles. The molecule has 0 aromatic carbocycles. The number of hydrogen-bond acceptors (Lipinski definition) is 7. The first-order chi connectivity index (χ1) is 5.91. The molecule has 0 aromatic heterocycles. The van der Waals surface area contributed by atoms with Crippen LogP contribution in [-0.2, 0) is 9.59 Å². The fourth-order valence-electron chi connectivity index (χ4n) is 0.596. The SMILES string of the molecule is O=C(CO)[C@@H](O)[C@H](O)[C@@H](O)C(=O)[O-]. The first-order valence-corrected chi connectivity index (χ1v) is 3.30. The van der Waals surface area contributed by atoms with Gasteiger partial charge in [-0.1, -0.05) is 0 Å². The molecule has 0 aliphatic rings. The van der Waals surface area contributed by atoms with E-state index in [2.05, 4.69) is 0 Å². The van der Waals surface area contributed by atoms with Crippen molar-refractivity contribution in [3.63, 3.8) is 0 Å². The zero-order chi connectivity index (χ0) is 10.6. The van der Waals surface area contributed by atoms with Crippen molar-refractivity contribution >= 4 is 11.8 Å². The normalized spacial score (nSPS) is 17.5. The van der Waals surface area contributed by atoms with Crippen LogP contribution in [0.2, 0.25) is 0 Å². The molecule has 0 spiro atoms. The van der Waals surface area contributed by atoms with Crippen molar-refractivity contribution in [1.82, 2.24) is 0 Å². The zero-order valence-corrected chi connectivity index (χ0v) is 6.45. The summed E-state index contributed by atoms with van der Waals surface area (Å²) in [4.78, 5) is 20.4. The van der Waals surface area contributed by atoms with Gasteiger partial charge in [0, 0.05) is 0 Å². The highest BCUT2D eigenvalue weighted by molar-refractivity contribution is 5.85. The number of Topliss-reactive ketones (excluding diaryl/α,β-unsaturated/α-hetero) is 1. The van der Waals surface area contributed by atoms with E-state index in [9.17, 15) is 14.7 Å². The summed E-state index contributed by atoms with van der Waals surface area (Å²) in [5, 5.41) is 44.4. The summed E-state index contributed by atoms with van der Waals surface area (Å²) >= 11 is 0. The highest BCUT2D eigenvalue weighted by atomic mass is 16.4. The van der Waals surface area contributed by atoms with Crippen molar-refractivity contribution in [3.05, 3.63) is 0 Å². The Bertz CT molecular complexity index is 201. The van der Waals surface area contributed by atoms with Gasteiger partial charge in [-0.2, -0.15) is 0 Å². The first-order valence-electron chi connectivity index (χ1n) is 3.30. The third-order valence-corrected chi connectivity index (χ3v) is 1.37. The number of carbonyl (C=O) groups is 2. The van der Waals surface area contributed by atoms with Crippen molar-refractivity contribution in [1.29, 1.82) is 0 Å². The Hall–Kier alpha value is -1.02. The molecule has 0 aliphatic heterocycles. The van der Waals surface area contributed by atoms with Gasteiger partial charge in [-0.3, -0.25) is 4.79 Å². The first kappa shape index (κ1) is 12.0. The maximum atomic E-state index is 10.5. The standard InChI is InChI=1S/C6H10O7/c7-1-2(8)3(9)4(10)5(11)6(12)13/h3-5,7,9-11H,1H2,(H,12,13)/p-1/t3-,4+,5-/m1/s1. The van der Waals surface area contributed by atoms with E-state index >= 15 is 0 Å². The third-order valence-electron chi connectivity index (χ3n) is 1.37. The molecule has 0 bridgehead atoms. The summed E-state index contributed by atoms with van der Waals surface area (Å²) in [5.74, 6) is -3.20. The molecular weight excluding hydrogens is 184 g/mol. The minimum atomic E-state index is -2.37. The average Bonchev–Trinajstić information content (AvgIpc) is 2.12. The lowest BCUT2D eigenvalue weighted by Crippen LogP contribution is -2.51. The molecule has 7 heteroatoms. The Labute approximate surface area is 72.9 Å². The van der Waals surface area contributed by atoms with Crippen LogP contribution in [0.4, 0.5) is 0 Å². The molecule has 3 atom stereocenters. The number of aliphatic hydroxyl groups excluding tert-OH is 4. The van der Waals surface area contributed by atoms with Crippen LogP contribution in [0.1, 0.15) is 0 Å². The van der Waals surface area contributed by atoms with Gasteiger partial charge < -0.3 is 30.3 Å². The van der Waals surface area contributed by atoms with E-state index in [4.69, 9.17) is 20.4 Å². The van der Waals surface area contributed by atoms with Crippen LogP contribution in [0, 0.1) is 0 Å². The molecule has 0 radical (unpaired) electrons. The van der Waals surface area contributed by atoms with Crippen molar-refractivity contribution < 1.29 is 35.1 Å². The van der Waals surface area contributed by atoms with Crippen LogP contribution in [0.3, 0.4) is 0 Å². The number of carboxylic acids is 1. The lowest BCUT2D eigenvalue weighted by atomic mass is 10.1. The molecule has 0 fully saturated rings. The van der Waals surface area contributed by atoms with Crippen LogP contribution < -0.4 is 5.11 Å². The zero-order valence-electron chi connectivity index (χ0n) is 6.45. The molecule has 76 valence electrons. The summed E-state index contributed by atoms with van der Waals surface area (Å²) in [6.07, 6.45) is -6.71. The second-order valence-electron chi connectivity index (χ2n) is 2.32. The van der Waals surface area contributed by atoms with E-state index < -0.39 is 36.7 Å². The number of carboxylic acid groups (broad SMARTS) is 1. The summed E-state index contributed by atoms with van der Waals surface area (Å²) in [5.41, 5.74) is 0. The highest BCUT2D eigenvalue weighted by Gasteiger charge is 2.30. The summed E-state index contributed by atoms with van der Waals surface area (Å²) < 4.78 is 0. The van der Waals surface area contributed by atoms with Crippen molar-refractivity contribution in [2.75, 3.05) is 6.61 Å². The topological polar surface area (TPSA) is 138 Å². The quantitative estimate of drug-likeness (QED) is 0.344. The van der Waals surface area contributed by atoms with E-state index in [0.717, 1.165) is 0 Å². The average molecular weight is 193 g/mol. The van der Waals surface area contributed by atoms with E-state index in [-0.39, 0.29) is 0 Å². The minimum absolute atomic E-state index is 1.06. The number of ketones is 1. The third kappa shape index (κ3) is 3.07. The van der Waals surface area contributed by atoms with Gasteiger partial charge in [0.15, 0.2) is 5.78 Å². The number of rotatable bonds is 5. The summed E-state index contributed by atoms with van der Waals surface area (Å²) in [6, 6.07) is 0. The largest absolute Gasteiger partial charge is 0.547 e. The second-order valence-corrected chi connectivity index (χ2v) is 2.32. The van der Waals surface area contributed by atoms with E-state index in [1.807, 2.05) is 0 Å². The number of hydrogen-bond donors (Lipinski definition) is 4. The Kier molecular flexibility index (Phi) is 4.49. The molecule has 0 heterocycles. The van der Waals surface area contributed by atoms with Crippen molar-refractivity contribution in [2.45, 2.75) is 18.3 Å². The van der Waals surface area contributed by atoms with E-state index in [1.54, 1.807) is 0 Å². The fourth-order valence-corrected chi connectivity index (χ4v) is 0.596. The molecule has 0 amide bonds. The van der Waals surface area contributed by atoms with Crippen LogP contribution >= 0.6 is 0 Å². The predicted molar refractivity (Wildman–Crippen MR) is 35.1 cm³/mol. The number of carbonyl (C=O) groups excluding carboxylic acids is 2. The summed E-state index contributed by atoms with van der Waals surface area (Å²) in [6.45, 7) is -1.06. The number of aliphatic hydroxyl groups is 4. The van der Waals surface area contributed by atoms with Crippen molar-refractivity contribution in [2.24, 2.45) is 0 Å². The lowest BCUT2D eigenvalue weighted by Gasteiger charge is -2.21. The maximum absolute atomic E-state index is 10.5. The van der Waals surface area contributed by atoms with Gasteiger partial charge in [0.25, 0.3) is 0 Å². The molecule has 7 nitrogen and oxygen atoms in total. The summed E-state index contributed by atoms with van der Waals surface area (Å²) in [7, 11) is 0. The van der Waals surface area contributed by atoms with Gasteiger partial charge in [-0.05, 0) is 0 Å². The van der Waals surface area contributed by atoms with Gasteiger partial charge in [0.1, 0.15) is 24.9 Å². The monoisotopic (exact) mass is 193 g/mol. The Morgan fingerprint density at radius 2 is 1.62 bits per heavy atom. The van der Waals surface area contributed by atoms with Gasteiger partial charge in [0.05, 0.1) is 5.97 Å². The molecule has 0 aliphatic carbocycles. The Morgan fingerprint density at radius 3 is 1.92 bits per heavy atom. The highest BCUT2D eigenvalue weighted by Crippen LogP contribution is 2.00. The van der Waals surface area contributed by atoms with Gasteiger partial charge in [-0.15, -0.1) is 0 Å². The maximum Gasteiger partial charge on any atom is 0.189 e. The fraction of sp³-hybridized carbons (Fsp3) is 0.667. The van der Waals surface area contributed by atoms with Crippen LogP contribution in [0.5, 0.6) is 0 Å². The van der Waals surface area contributed by atoms with Crippen LogP contribution in [-0.4, -0.2) is 57.1 Å². The molecule has 13 heavy (non-hydrogen) atoms. The predicted octanol–water partition coefficient (Wildman–Crippen LogP) is -4.62. The molecule has 4 N–H and O–H groups in total. The van der Waals surface area contributed by atoms with Crippen LogP contribution in [0.15, 0.2) is 0 Å². The smallest absolute Gasteiger partial charge is 0.189 e. The molecule has 0 aromatic rings. The van der Waals surface area contributed by atoms with E-state index in [1.165, 1.54) is 0 Å².